The van der Waals surface area contributed by atoms with E-state index in [2.05, 4.69) is 120 Å². The zero-order valence-corrected chi connectivity index (χ0v) is 23.2. The molecule has 10 rings (SSSR count). The van der Waals surface area contributed by atoms with Crippen molar-refractivity contribution in [3.63, 3.8) is 0 Å². The topological polar surface area (TPSA) is 30.7 Å². The second kappa shape index (κ2) is 8.12. The summed E-state index contributed by atoms with van der Waals surface area (Å²) in [7, 11) is 0. The first-order valence-electron chi connectivity index (χ1n) is 14.2. The van der Waals surface area contributed by atoms with Gasteiger partial charge >= 0.3 is 0 Å². The maximum atomic E-state index is 5.39. The van der Waals surface area contributed by atoms with E-state index in [4.69, 9.17) is 9.97 Å². The zero-order chi connectivity index (χ0) is 27.4. The van der Waals surface area contributed by atoms with Crippen molar-refractivity contribution in [2.24, 2.45) is 0 Å². The van der Waals surface area contributed by atoms with Crippen LogP contribution in [0.2, 0.25) is 0 Å². The van der Waals surface area contributed by atoms with Gasteiger partial charge in [-0.25, -0.2) is 9.97 Å². The second-order valence-electron chi connectivity index (χ2n) is 11.0. The fourth-order valence-electron chi connectivity index (χ4n) is 6.95. The van der Waals surface area contributed by atoms with Crippen LogP contribution < -0.4 is 0 Å². The maximum Gasteiger partial charge on any atom is 0.165 e. The summed E-state index contributed by atoms with van der Waals surface area (Å²) in [5, 5.41) is 10.1. The van der Waals surface area contributed by atoms with E-state index in [1.165, 1.54) is 52.5 Å². The molecule has 0 saturated heterocycles. The van der Waals surface area contributed by atoms with Gasteiger partial charge in [-0.1, -0.05) is 91.0 Å². The fourth-order valence-corrected chi connectivity index (χ4v) is 8.13. The van der Waals surface area contributed by atoms with E-state index < -0.39 is 0 Å². The standard InChI is InChI=1S/C38H21N3S/c1-2-12-25-22(8-1)9-5-13-26(25)37-38(40-28-15-4-3-14-27(28)39-37)41-29-20-18-23-10-6-16-31-33(23)35(29)36-30(41)21-19-24-11-7-17-32(42-31)34(24)36/h1-21H. The SMILES string of the molecule is c1ccc2c(-c3nc4ccccc4nc3-n3c4ccc5cccc6sc7cccc8ccc3c(c87)c4c56)cccc2c1. The second-order valence-corrected chi connectivity index (χ2v) is 12.1. The van der Waals surface area contributed by atoms with E-state index in [1.807, 2.05) is 23.5 Å². The van der Waals surface area contributed by atoms with Crippen LogP contribution in [-0.2, 0) is 0 Å². The summed E-state index contributed by atoms with van der Waals surface area (Å²) < 4.78 is 4.95. The molecule has 0 aliphatic heterocycles. The van der Waals surface area contributed by atoms with Crippen molar-refractivity contribution in [3.05, 3.63) is 127 Å². The van der Waals surface area contributed by atoms with E-state index in [-0.39, 0.29) is 0 Å². The molecule has 0 saturated carbocycles. The number of benzene rings is 7. The first-order valence-corrected chi connectivity index (χ1v) is 15.0. The summed E-state index contributed by atoms with van der Waals surface area (Å²) in [4.78, 5) is 10.7. The number of nitrogens with zero attached hydrogens (tertiary/aromatic N) is 3. The average molecular weight is 552 g/mol. The summed E-state index contributed by atoms with van der Waals surface area (Å²) in [6.07, 6.45) is 0. The van der Waals surface area contributed by atoms with Crippen LogP contribution in [0.4, 0.5) is 0 Å². The lowest BCUT2D eigenvalue weighted by Gasteiger charge is -2.15. The predicted octanol–water partition coefficient (Wildman–Crippen LogP) is 10.5. The van der Waals surface area contributed by atoms with E-state index in [0.29, 0.717) is 0 Å². The smallest absolute Gasteiger partial charge is 0.165 e. The van der Waals surface area contributed by atoms with Crippen LogP contribution in [0.25, 0.3) is 91.6 Å². The number of rotatable bonds is 2. The lowest BCUT2D eigenvalue weighted by Crippen LogP contribution is -2.04. The third kappa shape index (κ3) is 2.89. The van der Waals surface area contributed by atoms with Gasteiger partial charge in [-0.3, -0.25) is 4.57 Å². The van der Waals surface area contributed by atoms with Crippen LogP contribution in [0.1, 0.15) is 0 Å². The van der Waals surface area contributed by atoms with Crippen molar-refractivity contribution >= 4 is 85.9 Å². The normalized spacial score (nSPS) is 12.3. The third-order valence-corrected chi connectivity index (χ3v) is 9.85. The molecule has 0 amide bonds. The quantitative estimate of drug-likeness (QED) is 0.214. The Morgan fingerprint density at radius 1 is 0.452 bits per heavy atom. The molecule has 194 valence electrons. The lowest BCUT2D eigenvalue weighted by molar-refractivity contribution is 1.08. The highest BCUT2D eigenvalue weighted by molar-refractivity contribution is 7.24. The Labute approximate surface area is 244 Å². The molecule has 3 aromatic heterocycles. The minimum Gasteiger partial charge on any atom is -0.292 e. The van der Waals surface area contributed by atoms with Gasteiger partial charge in [0.2, 0.25) is 0 Å². The van der Waals surface area contributed by atoms with Crippen LogP contribution in [0.5, 0.6) is 0 Å². The van der Waals surface area contributed by atoms with Crippen molar-refractivity contribution < 1.29 is 0 Å². The summed E-state index contributed by atoms with van der Waals surface area (Å²) in [5.41, 5.74) is 6.06. The summed E-state index contributed by atoms with van der Waals surface area (Å²) >= 11 is 1.88. The van der Waals surface area contributed by atoms with E-state index in [9.17, 15) is 0 Å². The molecule has 3 nitrogen and oxygen atoms in total. The monoisotopic (exact) mass is 551 g/mol. The Morgan fingerprint density at radius 3 is 1.74 bits per heavy atom. The molecule has 0 aliphatic rings. The van der Waals surface area contributed by atoms with Gasteiger partial charge in [0.1, 0.15) is 5.69 Å². The molecule has 0 atom stereocenters. The van der Waals surface area contributed by atoms with Crippen LogP contribution in [0, 0.1) is 0 Å². The van der Waals surface area contributed by atoms with Crippen molar-refractivity contribution in [1.29, 1.82) is 0 Å². The molecule has 10 aromatic rings. The highest BCUT2D eigenvalue weighted by Gasteiger charge is 2.24. The van der Waals surface area contributed by atoms with Crippen molar-refractivity contribution in [2.45, 2.75) is 0 Å². The van der Waals surface area contributed by atoms with Gasteiger partial charge in [0.15, 0.2) is 5.82 Å². The third-order valence-electron chi connectivity index (χ3n) is 8.73. The first-order chi connectivity index (χ1) is 20.8. The van der Waals surface area contributed by atoms with Gasteiger partial charge < -0.3 is 0 Å². The van der Waals surface area contributed by atoms with Crippen molar-refractivity contribution in [3.8, 4) is 17.1 Å². The Kier molecular flexibility index (Phi) is 4.33. The zero-order valence-electron chi connectivity index (χ0n) is 22.4. The van der Waals surface area contributed by atoms with Gasteiger partial charge in [0.25, 0.3) is 0 Å². The molecule has 3 heterocycles. The van der Waals surface area contributed by atoms with Gasteiger partial charge in [-0.05, 0) is 57.9 Å². The van der Waals surface area contributed by atoms with Crippen LogP contribution in [0.15, 0.2) is 127 Å². The Bertz CT molecular complexity index is 2590. The number of fused-ring (bicyclic) bond motifs is 2. The molecular weight excluding hydrogens is 531 g/mol. The van der Waals surface area contributed by atoms with E-state index in [1.54, 1.807) is 0 Å². The van der Waals surface area contributed by atoms with Gasteiger partial charge in [-0.2, -0.15) is 0 Å². The molecule has 0 unspecified atom stereocenters. The van der Waals surface area contributed by atoms with Crippen molar-refractivity contribution in [1.82, 2.24) is 14.5 Å². The van der Waals surface area contributed by atoms with Crippen molar-refractivity contribution in [2.75, 3.05) is 0 Å². The van der Waals surface area contributed by atoms with E-state index in [0.717, 1.165) is 39.1 Å². The van der Waals surface area contributed by atoms with Gasteiger partial charge in [0.05, 0.1) is 22.1 Å². The predicted molar refractivity (Wildman–Crippen MR) is 178 cm³/mol. The highest BCUT2D eigenvalue weighted by Crippen LogP contribution is 2.47. The minimum absolute atomic E-state index is 0.854. The first kappa shape index (κ1) is 22.4. The number of aromatic nitrogens is 3. The molecule has 0 aliphatic carbocycles. The maximum absolute atomic E-state index is 5.39. The molecule has 0 fully saturated rings. The van der Waals surface area contributed by atoms with Gasteiger partial charge in [0, 0.05) is 36.5 Å². The lowest BCUT2D eigenvalue weighted by atomic mass is 10.00. The van der Waals surface area contributed by atoms with Crippen LogP contribution in [-0.4, -0.2) is 14.5 Å². The summed E-state index contributed by atoms with van der Waals surface area (Å²) in [6.45, 7) is 0. The number of para-hydroxylation sites is 2. The Balaban J connectivity index is 1.47. The molecule has 0 bridgehead atoms. The summed E-state index contributed by atoms with van der Waals surface area (Å²) in [5.74, 6) is 0.854. The van der Waals surface area contributed by atoms with E-state index >= 15 is 0 Å². The Hall–Kier alpha value is -5.32. The van der Waals surface area contributed by atoms with Gasteiger partial charge in [-0.15, -0.1) is 11.3 Å². The molecular formula is C38H21N3S. The molecule has 42 heavy (non-hydrogen) atoms. The fraction of sp³-hybridized carbons (Fsp3) is 0. The average Bonchev–Trinajstić information content (AvgIpc) is 3.30. The number of hydrogen-bond donors (Lipinski definition) is 0. The van der Waals surface area contributed by atoms with Crippen LogP contribution >= 0.6 is 11.3 Å². The molecule has 4 heteroatoms. The Morgan fingerprint density at radius 2 is 1.02 bits per heavy atom. The largest absolute Gasteiger partial charge is 0.292 e. The molecule has 0 N–H and O–H groups in total. The molecule has 0 radical (unpaired) electrons. The number of hydrogen-bond acceptors (Lipinski definition) is 3. The summed E-state index contributed by atoms with van der Waals surface area (Å²) in [6, 6.07) is 45.6. The minimum atomic E-state index is 0.854. The van der Waals surface area contributed by atoms with Crippen LogP contribution in [0.3, 0.4) is 0 Å². The highest BCUT2D eigenvalue weighted by atomic mass is 32.1. The molecule has 0 spiro atoms. The molecule has 7 aromatic carbocycles.